The molecule has 0 aliphatic carbocycles. The summed E-state index contributed by atoms with van der Waals surface area (Å²) in [6, 6.07) is 18.1. The lowest BCUT2D eigenvalue weighted by molar-refractivity contribution is -0.124. The number of carbonyl (C=O) groups is 3. The van der Waals surface area contributed by atoms with Crippen molar-refractivity contribution >= 4 is 17.7 Å². The second-order valence-corrected chi connectivity index (χ2v) is 10.1. The van der Waals surface area contributed by atoms with Crippen LogP contribution in [0.4, 0.5) is 0 Å². The number of hydrogen-bond acceptors (Lipinski definition) is 4. The molecular formula is C28H33N5O3. The number of carbonyl (C=O) groups excluding carboxylic acids is 3. The zero-order chi connectivity index (χ0) is 25.9. The van der Waals surface area contributed by atoms with Crippen LogP contribution in [0.2, 0.25) is 0 Å². The van der Waals surface area contributed by atoms with E-state index in [1.165, 1.54) is 0 Å². The maximum Gasteiger partial charge on any atom is 0.272 e. The van der Waals surface area contributed by atoms with Gasteiger partial charge in [-0.15, -0.1) is 0 Å². The van der Waals surface area contributed by atoms with Gasteiger partial charge in [-0.3, -0.25) is 14.4 Å². The lowest BCUT2D eigenvalue weighted by Gasteiger charge is -2.29. The Morgan fingerprint density at radius 3 is 2.19 bits per heavy atom. The molecule has 0 radical (unpaired) electrons. The Morgan fingerprint density at radius 2 is 1.58 bits per heavy atom. The summed E-state index contributed by atoms with van der Waals surface area (Å²) in [5, 5.41) is 5.54. The Labute approximate surface area is 211 Å². The molecule has 3 amide bonds. The minimum absolute atomic E-state index is 0.0872. The molecule has 8 nitrogen and oxygen atoms in total. The maximum absolute atomic E-state index is 13.6. The van der Waals surface area contributed by atoms with Crippen molar-refractivity contribution in [3.8, 4) is 11.4 Å². The summed E-state index contributed by atoms with van der Waals surface area (Å²) in [5.74, 6) is -0.114. The zero-order valence-corrected chi connectivity index (χ0v) is 21.2. The Hall–Kier alpha value is -3.94. The molecule has 1 aliphatic rings. The smallest absolute Gasteiger partial charge is 0.272 e. The number of fused-ring (bicyclic) bond motifs is 1. The average molecular weight is 488 g/mol. The van der Waals surface area contributed by atoms with E-state index in [1.807, 2.05) is 73.9 Å². The van der Waals surface area contributed by atoms with Gasteiger partial charge in [0.25, 0.3) is 11.8 Å². The highest BCUT2D eigenvalue weighted by molar-refractivity contribution is 5.98. The van der Waals surface area contributed by atoms with E-state index in [0.717, 1.165) is 12.0 Å². The van der Waals surface area contributed by atoms with Crippen LogP contribution in [-0.4, -0.2) is 51.8 Å². The van der Waals surface area contributed by atoms with Crippen LogP contribution in [0.1, 0.15) is 53.7 Å². The molecule has 36 heavy (non-hydrogen) atoms. The summed E-state index contributed by atoms with van der Waals surface area (Å²) < 4.78 is 2.04. The second-order valence-electron chi connectivity index (χ2n) is 10.1. The van der Waals surface area contributed by atoms with Gasteiger partial charge in [0.05, 0.1) is 12.2 Å². The monoisotopic (exact) mass is 487 g/mol. The second kappa shape index (κ2) is 10.4. The number of likely N-dealkylation sites (N-methyl/N-ethyl adjacent to an activating group) is 1. The molecule has 8 heteroatoms. The molecule has 188 valence electrons. The van der Waals surface area contributed by atoms with Gasteiger partial charge < -0.3 is 20.1 Å². The first kappa shape index (κ1) is 25.2. The SMILES string of the molecule is CNC(=O)[C@@H](NC(=O)c1nc(-c2ccccc2)n2c1CN(C(=O)c1ccccc1)CCC2)C(C)(C)C. The van der Waals surface area contributed by atoms with Crippen LogP contribution in [-0.2, 0) is 17.9 Å². The summed E-state index contributed by atoms with van der Waals surface area (Å²) in [5.41, 5.74) is 1.88. The Kier molecular flexibility index (Phi) is 7.24. The van der Waals surface area contributed by atoms with Gasteiger partial charge in [0.15, 0.2) is 5.69 Å². The molecule has 1 aliphatic heterocycles. The van der Waals surface area contributed by atoms with Crippen LogP contribution in [0.3, 0.4) is 0 Å². The number of rotatable bonds is 5. The predicted octanol–water partition coefficient (Wildman–Crippen LogP) is 3.49. The van der Waals surface area contributed by atoms with Crippen LogP contribution in [0.25, 0.3) is 11.4 Å². The molecular weight excluding hydrogens is 454 g/mol. The van der Waals surface area contributed by atoms with Crippen molar-refractivity contribution in [3.63, 3.8) is 0 Å². The first-order valence-corrected chi connectivity index (χ1v) is 12.2. The van der Waals surface area contributed by atoms with Crippen molar-refractivity contribution in [1.82, 2.24) is 25.1 Å². The molecule has 4 rings (SSSR count). The highest BCUT2D eigenvalue weighted by Gasteiger charge is 2.35. The summed E-state index contributed by atoms with van der Waals surface area (Å²) in [4.78, 5) is 46.1. The molecule has 0 saturated carbocycles. The van der Waals surface area contributed by atoms with Crippen LogP contribution in [0.5, 0.6) is 0 Å². The van der Waals surface area contributed by atoms with Crippen molar-refractivity contribution < 1.29 is 14.4 Å². The normalized spacial score (nSPS) is 14.4. The summed E-state index contributed by atoms with van der Waals surface area (Å²) in [6.07, 6.45) is 0.728. The topological polar surface area (TPSA) is 96.3 Å². The van der Waals surface area contributed by atoms with Crippen LogP contribution in [0.15, 0.2) is 60.7 Å². The van der Waals surface area contributed by atoms with Gasteiger partial charge >= 0.3 is 0 Å². The fourth-order valence-electron chi connectivity index (χ4n) is 4.51. The van der Waals surface area contributed by atoms with E-state index in [1.54, 1.807) is 24.1 Å². The zero-order valence-electron chi connectivity index (χ0n) is 21.2. The van der Waals surface area contributed by atoms with Gasteiger partial charge in [-0.05, 0) is 24.0 Å². The first-order valence-electron chi connectivity index (χ1n) is 12.2. The Bertz CT molecular complexity index is 1250. The van der Waals surface area contributed by atoms with Crippen molar-refractivity contribution in [3.05, 3.63) is 77.6 Å². The fraction of sp³-hybridized carbons (Fsp3) is 0.357. The highest BCUT2D eigenvalue weighted by Crippen LogP contribution is 2.28. The van der Waals surface area contributed by atoms with Crippen molar-refractivity contribution in [1.29, 1.82) is 0 Å². The number of nitrogens with zero attached hydrogens (tertiary/aromatic N) is 3. The third-order valence-corrected chi connectivity index (χ3v) is 6.43. The van der Waals surface area contributed by atoms with E-state index >= 15 is 0 Å². The predicted molar refractivity (Wildman–Crippen MR) is 138 cm³/mol. The van der Waals surface area contributed by atoms with Crippen LogP contribution >= 0.6 is 0 Å². The number of nitrogens with one attached hydrogen (secondary N) is 2. The molecule has 1 atom stereocenters. The van der Waals surface area contributed by atoms with E-state index in [4.69, 9.17) is 4.98 Å². The van der Waals surface area contributed by atoms with Crippen LogP contribution < -0.4 is 10.6 Å². The largest absolute Gasteiger partial charge is 0.357 e. The standard InChI is InChI=1S/C28H33N5O3/c1-28(2,3)23(26(35)29-4)31-25(34)22-21-18-32(27(36)20-14-9-6-10-15-20)16-11-17-33(21)24(30-22)19-12-7-5-8-13-19/h5-10,12-15,23H,11,16-18H2,1-4H3,(H,29,35)(H,31,34)/t23-/m1/s1. The van der Waals surface area contributed by atoms with E-state index < -0.39 is 17.4 Å². The molecule has 0 fully saturated rings. The Morgan fingerprint density at radius 1 is 0.944 bits per heavy atom. The highest BCUT2D eigenvalue weighted by atomic mass is 16.2. The minimum Gasteiger partial charge on any atom is -0.357 e. The molecule has 1 aromatic heterocycles. The molecule has 2 heterocycles. The third-order valence-electron chi connectivity index (χ3n) is 6.43. The van der Waals surface area contributed by atoms with Crippen molar-refractivity contribution in [2.45, 2.75) is 46.3 Å². The lowest BCUT2D eigenvalue weighted by atomic mass is 9.86. The number of hydrogen-bond donors (Lipinski definition) is 2. The third kappa shape index (κ3) is 5.17. The molecule has 0 spiro atoms. The molecule has 2 N–H and O–H groups in total. The van der Waals surface area contributed by atoms with Gasteiger partial charge in [-0.1, -0.05) is 69.3 Å². The average Bonchev–Trinajstić information content (AvgIpc) is 3.09. The number of aromatic nitrogens is 2. The Balaban J connectivity index is 1.76. The van der Waals surface area contributed by atoms with Gasteiger partial charge in [0, 0.05) is 31.3 Å². The summed E-state index contributed by atoms with van der Waals surface area (Å²) in [7, 11) is 1.55. The van der Waals surface area contributed by atoms with E-state index in [9.17, 15) is 14.4 Å². The summed E-state index contributed by atoms with van der Waals surface area (Å²) >= 11 is 0. The van der Waals surface area contributed by atoms with Gasteiger partial charge in [0.2, 0.25) is 5.91 Å². The fourth-order valence-corrected chi connectivity index (χ4v) is 4.51. The molecule has 0 bridgehead atoms. The van der Waals surface area contributed by atoms with Gasteiger partial charge in [0.1, 0.15) is 11.9 Å². The van der Waals surface area contributed by atoms with Crippen molar-refractivity contribution in [2.24, 2.45) is 5.41 Å². The van der Waals surface area contributed by atoms with Gasteiger partial charge in [-0.25, -0.2) is 4.98 Å². The van der Waals surface area contributed by atoms with Crippen LogP contribution in [0, 0.1) is 5.41 Å². The number of imidazole rings is 1. The van der Waals surface area contributed by atoms with Gasteiger partial charge in [-0.2, -0.15) is 0 Å². The van der Waals surface area contributed by atoms with E-state index in [2.05, 4.69) is 10.6 Å². The number of benzene rings is 2. The minimum atomic E-state index is -0.750. The summed E-state index contributed by atoms with van der Waals surface area (Å²) in [6.45, 7) is 7.13. The van der Waals surface area contributed by atoms with E-state index in [0.29, 0.717) is 30.2 Å². The maximum atomic E-state index is 13.6. The van der Waals surface area contributed by atoms with Crippen molar-refractivity contribution in [2.75, 3.05) is 13.6 Å². The first-order chi connectivity index (χ1) is 17.2. The molecule has 0 saturated heterocycles. The molecule has 2 aromatic carbocycles. The number of amides is 3. The quantitative estimate of drug-likeness (QED) is 0.576. The molecule has 3 aromatic rings. The van der Waals surface area contributed by atoms with E-state index in [-0.39, 0.29) is 24.1 Å². The molecule has 0 unspecified atom stereocenters. The lowest BCUT2D eigenvalue weighted by Crippen LogP contribution is -2.53.